The van der Waals surface area contributed by atoms with Crippen LogP contribution in [0.4, 0.5) is 5.69 Å². The summed E-state index contributed by atoms with van der Waals surface area (Å²) in [4.78, 5) is 26.5. The first kappa shape index (κ1) is 16.3. The van der Waals surface area contributed by atoms with Crippen LogP contribution < -0.4 is 5.32 Å². The van der Waals surface area contributed by atoms with E-state index in [2.05, 4.69) is 5.32 Å². The highest BCUT2D eigenvalue weighted by Gasteiger charge is 2.33. The first-order valence-corrected chi connectivity index (χ1v) is 8.73. The number of halogens is 1. The minimum Gasteiger partial charge on any atom is -0.342 e. The van der Waals surface area contributed by atoms with Gasteiger partial charge in [0, 0.05) is 23.8 Å². The molecule has 0 spiro atoms. The second kappa shape index (κ2) is 6.91. The number of benzene rings is 1. The standard InChI is InChI=1S/C18H23ClN2O2/c1-12-15(19)6-3-7-16(12)20-17(22)9-18(23)21-10-13-4-2-5-14(8-13)11-21/h3,6-7,13-14H,2,4-5,8-11H2,1H3,(H,20,22)/t13-,14+. The molecular formula is C18H23ClN2O2. The summed E-state index contributed by atoms with van der Waals surface area (Å²) in [6, 6.07) is 5.37. The van der Waals surface area contributed by atoms with Crippen LogP contribution in [0.3, 0.4) is 0 Å². The van der Waals surface area contributed by atoms with Crippen molar-refractivity contribution in [3.8, 4) is 0 Å². The Morgan fingerprint density at radius 3 is 2.65 bits per heavy atom. The van der Waals surface area contributed by atoms with E-state index in [9.17, 15) is 9.59 Å². The summed E-state index contributed by atoms with van der Waals surface area (Å²) in [6.07, 6.45) is 4.87. The molecule has 0 aromatic heterocycles. The number of nitrogens with zero attached hydrogens (tertiary/aromatic N) is 1. The predicted octanol–water partition coefficient (Wildman–Crippen LogP) is 3.63. The molecule has 1 saturated carbocycles. The molecule has 2 amide bonds. The first-order chi connectivity index (χ1) is 11.0. The minimum absolute atomic E-state index is 0.0567. The molecule has 23 heavy (non-hydrogen) atoms. The van der Waals surface area contributed by atoms with E-state index in [1.54, 1.807) is 18.2 Å². The smallest absolute Gasteiger partial charge is 0.233 e. The number of piperidine rings is 1. The number of hydrogen-bond acceptors (Lipinski definition) is 2. The predicted molar refractivity (Wildman–Crippen MR) is 91.5 cm³/mol. The Morgan fingerprint density at radius 1 is 1.26 bits per heavy atom. The van der Waals surface area contributed by atoms with Gasteiger partial charge >= 0.3 is 0 Å². The van der Waals surface area contributed by atoms with Gasteiger partial charge in [0.1, 0.15) is 6.42 Å². The van der Waals surface area contributed by atoms with Gasteiger partial charge in [0.05, 0.1) is 0 Å². The molecule has 1 aliphatic carbocycles. The molecule has 2 atom stereocenters. The highest BCUT2D eigenvalue weighted by molar-refractivity contribution is 6.31. The van der Waals surface area contributed by atoms with Crippen LogP contribution in [0.15, 0.2) is 18.2 Å². The highest BCUT2D eigenvalue weighted by atomic mass is 35.5. The van der Waals surface area contributed by atoms with E-state index < -0.39 is 0 Å². The Balaban J connectivity index is 1.57. The zero-order chi connectivity index (χ0) is 16.4. The average molecular weight is 335 g/mol. The summed E-state index contributed by atoms with van der Waals surface area (Å²) in [5, 5.41) is 3.41. The van der Waals surface area contributed by atoms with Gasteiger partial charge in [-0.2, -0.15) is 0 Å². The molecule has 3 rings (SSSR count). The van der Waals surface area contributed by atoms with Crippen LogP contribution in [-0.4, -0.2) is 29.8 Å². The van der Waals surface area contributed by atoms with Gasteiger partial charge in [-0.1, -0.05) is 24.1 Å². The Morgan fingerprint density at radius 2 is 1.96 bits per heavy atom. The summed E-state index contributed by atoms with van der Waals surface area (Å²) in [6.45, 7) is 3.49. The zero-order valence-corrected chi connectivity index (χ0v) is 14.2. The van der Waals surface area contributed by atoms with Crippen LogP contribution in [-0.2, 0) is 9.59 Å². The van der Waals surface area contributed by atoms with Crippen LogP contribution in [0.25, 0.3) is 0 Å². The van der Waals surface area contributed by atoms with Crippen molar-refractivity contribution in [1.29, 1.82) is 0 Å². The van der Waals surface area contributed by atoms with E-state index in [1.807, 2.05) is 11.8 Å². The molecule has 1 heterocycles. The van der Waals surface area contributed by atoms with Gasteiger partial charge < -0.3 is 10.2 Å². The Bertz CT molecular complexity index is 605. The minimum atomic E-state index is -0.268. The molecule has 1 saturated heterocycles. The summed E-state index contributed by atoms with van der Waals surface area (Å²) >= 11 is 6.05. The van der Waals surface area contributed by atoms with Gasteiger partial charge in [-0.3, -0.25) is 9.59 Å². The quantitative estimate of drug-likeness (QED) is 0.858. The van der Waals surface area contributed by atoms with E-state index in [-0.39, 0.29) is 18.2 Å². The Labute approximate surface area is 142 Å². The third kappa shape index (κ3) is 3.86. The molecule has 0 unspecified atom stereocenters. The molecule has 1 aromatic rings. The molecule has 5 heteroatoms. The summed E-state index contributed by atoms with van der Waals surface area (Å²) < 4.78 is 0. The van der Waals surface area contributed by atoms with E-state index in [0.717, 1.165) is 18.7 Å². The van der Waals surface area contributed by atoms with Crippen molar-refractivity contribution in [3.05, 3.63) is 28.8 Å². The van der Waals surface area contributed by atoms with Crippen molar-refractivity contribution < 1.29 is 9.59 Å². The maximum absolute atomic E-state index is 12.4. The van der Waals surface area contributed by atoms with Gasteiger partial charge in [-0.25, -0.2) is 0 Å². The molecule has 1 aliphatic heterocycles. The lowest BCUT2D eigenvalue weighted by Crippen LogP contribution is -2.46. The van der Waals surface area contributed by atoms with Crippen LogP contribution >= 0.6 is 11.6 Å². The van der Waals surface area contributed by atoms with Gasteiger partial charge in [0.25, 0.3) is 0 Å². The van der Waals surface area contributed by atoms with E-state index in [4.69, 9.17) is 11.6 Å². The molecule has 4 nitrogen and oxygen atoms in total. The molecule has 2 bridgehead atoms. The lowest BCUT2D eigenvalue weighted by Gasteiger charge is -2.41. The SMILES string of the molecule is Cc1c(Cl)cccc1NC(=O)CC(=O)N1C[C@@H]2CCC[C@@H](C2)C1. The summed E-state index contributed by atoms with van der Waals surface area (Å²) in [5.74, 6) is 0.934. The van der Waals surface area contributed by atoms with E-state index in [0.29, 0.717) is 22.5 Å². The third-order valence-electron chi connectivity index (χ3n) is 5.05. The molecule has 2 aliphatic rings. The van der Waals surface area contributed by atoms with Gasteiger partial charge in [-0.05, 0) is 55.7 Å². The number of carbonyl (C=O) groups is 2. The fraction of sp³-hybridized carbons (Fsp3) is 0.556. The number of rotatable bonds is 3. The van der Waals surface area contributed by atoms with Crippen molar-refractivity contribution in [2.24, 2.45) is 11.8 Å². The largest absolute Gasteiger partial charge is 0.342 e. The van der Waals surface area contributed by atoms with E-state index in [1.165, 1.54) is 25.7 Å². The summed E-state index contributed by atoms with van der Waals surface area (Å²) in [7, 11) is 0. The van der Waals surface area contributed by atoms with Gasteiger partial charge in [-0.15, -0.1) is 0 Å². The van der Waals surface area contributed by atoms with Crippen LogP contribution in [0, 0.1) is 18.8 Å². The lowest BCUT2D eigenvalue weighted by molar-refractivity contribution is -0.137. The normalized spacial score (nSPS) is 23.5. The van der Waals surface area contributed by atoms with E-state index >= 15 is 0 Å². The zero-order valence-electron chi connectivity index (χ0n) is 13.5. The molecule has 2 fully saturated rings. The van der Waals surface area contributed by atoms with Crippen molar-refractivity contribution in [2.75, 3.05) is 18.4 Å². The number of anilines is 1. The third-order valence-corrected chi connectivity index (χ3v) is 5.46. The van der Waals surface area contributed by atoms with Crippen molar-refractivity contribution in [1.82, 2.24) is 4.90 Å². The Kier molecular flexibility index (Phi) is 4.90. The number of carbonyl (C=O) groups excluding carboxylic acids is 2. The number of fused-ring (bicyclic) bond motifs is 2. The van der Waals surface area contributed by atoms with Crippen LogP contribution in [0.2, 0.25) is 5.02 Å². The molecular weight excluding hydrogens is 312 g/mol. The molecule has 0 radical (unpaired) electrons. The molecule has 124 valence electrons. The van der Waals surface area contributed by atoms with Crippen LogP contribution in [0.1, 0.15) is 37.7 Å². The van der Waals surface area contributed by atoms with Gasteiger partial charge in [0.2, 0.25) is 11.8 Å². The number of likely N-dealkylation sites (tertiary alicyclic amines) is 1. The highest BCUT2D eigenvalue weighted by Crippen LogP contribution is 2.34. The second-order valence-electron chi connectivity index (χ2n) is 6.83. The van der Waals surface area contributed by atoms with Crippen molar-refractivity contribution >= 4 is 29.1 Å². The number of amides is 2. The van der Waals surface area contributed by atoms with Crippen molar-refractivity contribution in [2.45, 2.75) is 39.0 Å². The van der Waals surface area contributed by atoms with Gasteiger partial charge in [0.15, 0.2) is 0 Å². The number of nitrogens with one attached hydrogen (secondary N) is 1. The van der Waals surface area contributed by atoms with Crippen LogP contribution in [0.5, 0.6) is 0 Å². The fourth-order valence-electron chi connectivity index (χ4n) is 3.82. The second-order valence-corrected chi connectivity index (χ2v) is 7.24. The monoisotopic (exact) mass is 334 g/mol. The summed E-state index contributed by atoms with van der Waals surface area (Å²) in [5.41, 5.74) is 1.49. The molecule has 1 N–H and O–H groups in total. The van der Waals surface area contributed by atoms with Crippen molar-refractivity contribution in [3.63, 3.8) is 0 Å². The fourth-order valence-corrected chi connectivity index (χ4v) is 4.00. The average Bonchev–Trinajstić information content (AvgIpc) is 2.51. The molecule has 1 aromatic carbocycles. The maximum Gasteiger partial charge on any atom is 0.233 e. The maximum atomic E-state index is 12.4. The number of hydrogen-bond donors (Lipinski definition) is 1. The lowest BCUT2D eigenvalue weighted by atomic mass is 9.78. The Hall–Kier alpha value is -1.55. The topological polar surface area (TPSA) is 49.4 Å². The first-order valence-electron chi connectivity index (χ1n) is 8.35.